The highest BCUT2D eigenvalue weighted by Crippen LogP contribution is 2.19. The first-order valence-corrected chi connectivity index (χ1v) is 6.37. The summed E-state index contributed by atoms with van der Waals surface area (Å²) < 4.78 is 0.859. The van der Waals surface area contributed by atoms with Crippen molar-refractivity contribution in [3.8, 4) is 0 Å². The van der Waals surface area contributed by atoms with E-state index in [0.717, 1.165) is 4.47 Å². The number of carbonyl (C=O) groups is 1. The Hall–Kier alpha value is -1.17. The van der Waals surface area contributed by atoms with Crippen molar-refractivity contribution in [2.75, 3.05) is 5.32 Å². The number of anilines is 1. The molecule has 2 rings (SSSR count). The molecular weight excluding hydrogens is 341 g/mol. The van der Waals surface area contributed by atoms with E-state index in [9.17, 15) is 4.79 Å². The number of aromatic nitrogens is 2. The van der Waals surface area contributed by atoms with Gasteiger partial charge in [-0.25, -0.2) is 0 Å². The van der Waals surface area contributed by atoms with Gasteiger partial charge in [-0.15, -0.1) is 10.2 Å². The molecule has 0 aliphatic heterocycles. The van der Waals surface area contributed by atoms with Crippen LogP contribution in [0.4, 0.5) is 5.69 Å². The number of hydrogen-bond acceptors (Lipinski definition) is 3. The number of hydrogen-bond donors (Lipinski definition) is 1. The van der Waals surface area contributed by atoms with Crippen molar-refractivity contribution in [3.05, 3.63) is 50.7 Å². The van der Waals surface area contributed by atoms with Crippen molar-refractivity contribution in [1.29, 1.82) is 0 Å². The summed E-state index contributed by atoms with van der Waals surface area (Å²) in [6.45, 7) is 0. The van der Waals surface area contributed by atoms with E-state index in [1.807, 2.05) is 6.07 Å². The highest BCUT2D eigenvalue weighted by molar-refractivity contribution is 9.10. The van der Waals surface area contributed by atoms with Crippen LogP contribution in [0.15, 0.2) is 34.8 Å². The molecule has 0 saturated heterocycles. The lowest BCUT2D eigenvalue weighted by Gasteiger charge is -2.06. The Morgan fingerprint density at radius 2 is 2.00 bits per heavy atom. The fraction of sp³-hybridized carbons (Fsp3) is 0. The van der Waals surface area contributed by atoms with Crippen LogP contribution in [0.1, 0.15) is 10.4 Å². The molecule has 4 nitrogen and oxygen atoms in total. The molecule has 0 saturated carbocycles. The lowest BCUT2D eigenvalue weighted by Crippen LogP contribution is -2.13. The molecular formula is C11H6BrCl2N3O. The zero-order valence-electron chi connectivity index (χ0n) is 8.82. The SMILES string of the molecule is O=C(Nc1cccc(Br)c1)c1cc(Cl)nnc1Cl. The molecule has 7 heteroatoms. The molecule has 0 aliphatic rings. The van der Waals surface area contributed by atoms with Crippen LogP contribution in [-0.4, -0.2) is 16.1 Å². The predicted molar refractivity (Wildman–Crippen MR) is 74.1 cm³/mol. The van der Waals surface area contributed by atoms with E-state index < -0.39 is 5.91 Å². The van der Waals surface area contributed by atoms with Crippen molar-refractivity contribution in [1.82, 2.24) is 10.2 Å². The van der Waals surface area contributed by atoms with Gasteiger partial charge in [0.05, 0.1) is 5.56 Å². The maximum atomic E-state index is 12.0. The van der Waals surface area contributed by atoms with Gasteiger partial charge in [0.15, 0.2) is 10.3 Å². The van der Waals surface area contributed by atoms with Crippen molar-refractivity contribution in [3.63, 3.8) is 0 Å². The quantitative estimate of drug-likeness (QED) is 0.899. The van der Waals surface area contributed by atoms with Crippen molar-refractivity contribution < 1.29 is 4.79 Å². The van der Waals surface area contributed by atoms with E-state index in [-0.39, 0.29) is 15.9 Å². The molecule has 0 bridgehead atoms. The Morgan fingerprint density at radius 3 is 2.72 bits per heavy atom. The summed E-state index contributed by atoms with van der Waals surface area (Å²) in [5.41, 5.74) is 0.815. The summed E-state index contributed by atoms with van der Waals surface area (Å²) in [7, 11) is 0. The molecule has 0 atom stereocenters. The number of carbonyl (C=O) groups excluding carboxylic acids is 1. The molecule has 1 N–H and O–H groups in total. The first-order chi connectivity index (χ1) is 8.56. The second kappa shape index (κ2) is 5.65. The van der Waals surface area contributed by atoms with Gasteiger partial charge in [-0.2, -0.15) is 0 Å². The summed E-state index contributed by atoms with van der Waals surface area (Å²) in [6.07, 6.45) is 0. The molecule has 2 aromatic rings. The molecule has 0 radical (unpaired) electrons. The fourth-order valence-electron chi connectivity index (χ4n) is 1.28. The van der Waals surface area contributed by atoms with Crippen LogP contribution in [-0.2, 0) is 0 Å². The number of amides is 1. The van der Waals surface area contributed by atoms with Gasteiger partial charge in [0, 0.05) is 10.2 Å². The summed E-state index contributed by atoms with van der Waals surface area (Å²) in [5.74, 6) is -0.394. The largest absolute Gasteiger partial charge is 0.322 e. The minimum atomic E-state index is -0.394. The number of benzene rings is 1. The number of nitrogens with one attached hydrogen (secondary N) is 1. The third-order valence-corrected chi connectivity index (χ3v) is 3.00. The van der Waals surface area contributed by atoms with Crippen LogP contribution in [0.5, 0.6) is 0 Å². The Balaban J connectivity index is 2.24. The minimum Gasteiger partial charge on any atom is -0.322 e. The highest BCUT2D eigenvalue weighted by atomic mass is 79.9. The van der Waals surface area contributed by atoms with Crippen LogP contribution >= 0.6 is 39.1 Å². The van der Waals surface area contributed by atoms with Crippen LogP contribution in [0.25, 0.3) is 0 Å². The van der Waals surface area contributed by atoms with Gasteiger partial charge in [0.1, 0.15) is 0 Å². The normalized spacial score (nSPS) is 10.2. The third kappa shape index (κ3) is 3.19. The molecule has 0 spiro atoms. The second-order valence-electron chi connectivity index (χ2n) is 3.34. The van der Waals surface area contributed by atoms with Crippen LogP contribution < -0.4 is 5.32 Å². The van der Waals surface area contributed by atoms with Gasteiger partial charge in [-0.3, -0.25) is 4.79 Å². The lowest BCUT2D eigenvalue weighted by molar-refractivity contribution is 0.102. The summed E-state index contributed by atoms with van der Waals surface area (Å²) >= 11 is 14.8. The average Bonchev–Trinajstić information content (AvgIpc) is 2.32. The Morgan fingerprint density at radius 1 is 1.22 bits per heavy atom. The Kier molecular flexibility index (Phi) is 4.16. The molecule has 1 amide bonds. The van der Waals surface area contributed by atoms with Gasteiger partial charge < -0.3 is 5.32 Å². The zero-order valence-corrected chi connectivity index (χ0v) is 11.9. The monoisotopic (exact) mass is 345 g/mol. The first-order valence-electron chi connectivity index (χ1n) is 4.82. The third-order valence-electron chi connectivity index (χ3n) is 2.05. The van der Waals surface area contributed by atoms with Crippen LogP contribution in [0.2, 0.25) is 10.3 Å². The van der Waals surface area contributed by atoms with E-state index in [1.54, 1.807) is 18.2 Å². The minimum absolute atomic E-state index is 0.00639. The van der Waals surface area contributed by atoms with E-state index in [2.05, 4.69) is 31.4 Å². The summed E-state index contributed by atoms with van der Waals surface area (Å²) in [6, 6.07) is 8.55. The Labute approximate surface area is 121 Å². The molecule has 1 aromatic carbocycles. The topological polar surface area (TPSA) is 54.9 Å². The van der Waals surface area contributed by atoms with E-state index in [4.69, 9.17) is 23.2 Å². The Bertz CT molecular complexity index is 607. The van der Waals surface area contributed by atoms with E-state index in [0.29, 0.717) is 5.69 Å². The summed E-state index contributed by atoms with van der Waals surface area (Å²) in [5, 5.41) is 9.91. The molecule has 0 aliphatic carbocycles. The van der Waals surface area contributed by atoms with Crippen LogP contribution in [0.3, 0.4) is 0 Å². The van der Waals surface area contributed by atoms with Crippen LogP contribution in [0, 0.1) is 0 Å². The molecule has 1 aromatic heterocycles. The fourth-order valence-corrected chi connectivity index (χ4v) is 2.00. The maximum Gasteiger partial charge on any atom is 0.258 e. The first kappa shape index (κ1) is 13.3. The smallest absolute Gasteiger partial charge is 0.258 e. The lowest BCUT2D eigenvalue weighted by atomic mass is 10.2. The van der Waals surface area contributed by atoms with Crippen molar-refractivity contribution in [2.45, 2.75) is 0 Å². The summed E-state index contributed by atoms with van der Waals surface area (Å²) in [4.78, 5) is 12.0. The van der Waals surface area contributed by atoms with Gasteiger partial charge >= 0.3 is 0 Å². The van der Waals surface area contributed by atoms with Gasteiger partial charge in [0.25, 0.3) is 5.91 Å². The molecule has 0 unspecified atom stereocenters. The van der Waals surface area contributed by atoms with Gasteiger partial charge in [0.2, 0.25) is 0 Å². The standard InChI is InChI=1S/C11H6BrCl2N3O/c12-6-2-1-3-7(4-6)15-11(18)8-5-9(13)16-17-10(8)14/h1-5H,(H,15,18). The average molecular weight is 347 g/mol. The zero-order chi connectivity index (χ0) is 13.1. The molecule has 1 heterocycles. The number of halogens is 3. The van der Waals surface area contributed by atoms with E-state index >= 15 is 0 Å². The maximum absolute atomic E-state index is 12.0. The number of rotatable bonds is 2. The second-order valence-corrected chi connectivity index (χ2v) is 5.00. The highest BCUT2D eigenvalue weighted by Gasteiger charge is 2.13. The number of nitrogens with zero attached hydrogens (tertiary/aromatic N) is 2. The van der Waals surface area contributed by atoms with Gasteiger partial charge in [-0.1, -0.05) is 45.2 Å². The van der Waals surface area contributed by atoms with E-state index in [1.165, 1.54) is 6.07 Å². The molecule has 18 heavy (non-hydrogen) atoms. The molecule has 92 valence electrons. The van der Waals surface area contributed by atoms with Crippen molar-refractivity contribution in [2.24, 2.45) is 0 Å². The van der Waals surface area contributed by atoms with Gasteiger partial charge in [-0.05, 0) is 24.3 Å². The van der Waals surface area contributed by atoms with Crippen molar-refractivity contribution >= 4 is 50.7 Å². The predicted octanol–water partition coefficient (Wildman–Crippen LogP) is 3.80. The molecule has 0 fully saturated rings.